The average Bonchev–Trinajstić information content (AvgIpc) is 3.00. The van der Waals surface area contributed by atoms with Gasteiger partial charge in [-0.2, -0.15) is 5.10 Å². The molecule has 0 radical (unpaired) electrons. The normalized spacial score (nSPS) is 30.2. The predicted molar refractivity (Wildman–Crippen MR) is 85.6 cm³/mol. The van der Waals surface area contributed by atoms with Gasteiger partial charge in [0.15, 0.2) is 0 Å². The fraction of sp³-hybridized carbons (Fsp3) is 0.824. The van der Waals surface area contributed by atoms with Crippen molar-refractivity contribution in [2.45, 2.75) is 63.8 Å². The Hall–Kier alpha value is -0.910. The molecule has 1 aromatic rings. The maximum absolute atomic E-state index is 6.09. The second-order valence-corrected chi connectivity index (χ2v) is 7.15. The third kappa shape index (κ3) is 3.07. The molecule has 1 N–H and O–H groups in total. The molecule has 4 heterocycles. The van der Waals surface area contributed by atoms with Crippen LogP contribution in [0.3, 0.4) is 0 Å². The number of hydrogen-bond acceptors (Lipinski definition) is 4. The van der Waals surface area contributed by atoms with Crippen molar-refractivity contribution < 1.29 is 4.74 Å². The summed E-state index contributed by atoms with van der Waals surface area (Å²) in [7, 11) is 0. The van der Waals surface area contributed by atoms with Gasteiger partial charge in [0.05, 0.1) is 17.0 Å². The number of fused-ring (bicyclic) bond motifs is 1. The lowest BCUT2D eigenvalue weighted by molar-refractivity contribution is -0.00740. The van der Waals surface area contributed by atoms with Gasteiger partial charge in [-0.3, -0.25) is 9.58 Å². The first-order valence-electron chi connectivity index (χ1n) is 8.96. The Bertz CT molecular complexity index is 483. The van der Waals surface area contributed by atoms with Crippen molar-refractivity contribution in [1.29, 1.82) is 0 Å². The molecule has 0 amide bonds. The Morgan fingerprint density at radius 1 is 1.14 bits per heavy atom. The first-order chi connectivity index (χ1) is 10.8. The first kappa shape index (κ1) is 14.7. The maximum atomic E-state index is 6.09. The second kappa shape index (κ2) is 6.30. The van der Waals surface area contributed by atoms with Gasteiger partial charge in [-0.15, -0.1) is 0 Å². The summed E-state index contributed by atoms with van der Waals surface area (Å²) >= 11 is 0. The van der Waals surface area contributed by atoms with Gasteiger partial charge in [-0.05, 0) is 57.7 Å². The minimum atomic E-state index is 0.212. The number of likely N-dealkylation sites (tertiary alicyclic amines) is 1. The largest absolute Gasteiger partial charge is 0.375 e. The Kier molecular flexibility index (Phi) is 4.20. The topological polar surface area (TPSA) is 42.3 Å². The monoisotopic (exact) mass is 304 g/mol. The summed E-state index contributed by atoms with van der Waals surface area (Å²) in [6.07, 6.45) is 7.40. The smallest absolute Gasteiger partial charge is 0.0768 e. The summed E-state index contributed by atoms with van der Waals surface area (Å²) in [5.74, 6) is 0. The van der Waals surface area contributed by atoms with E-state index in [2.05, 4.69) is 21.0 Å². The highest BCUT2D eigenvalue weighted by atomic mass is 16.5. The van der Waals surface area contributed by atoms with Crippen LogP contribution in [-0.2, 0) is 24.4 Å². The van der Waals surface area contributed by atoms with E-state index in [0.29, 0.717) is 0 Å². The Labute approximate surface area is 133 Å². The van der Waals surface area contributed by atoms with Crippen LogP contribution >= 0.6 is 0 Å². The molecule has 1 atom stereocenters. The molecule has 0 saturated carbocycles. The van der Waals surface area contributed by atoms with E-state index in [-0.39, 0.29) is 5.60 Å². The zero-order valence-electron chi connectivity index (χ0n) is 13.5. The fourth-order valence-electron chi connectivity index (χ4n) is 4.26. The summed E-state index contributed by atoms with van der Waals surface area (Å²) in [4.78, 5) is 2.58. The van der Waals surface area contributed by atoms with Gasteiger partial charge in [0.25, 0.3) is 0 Å². The van der Waals surface area contributed by atoms with Gasteiger partial charge in [0, 0.05) is 32.8 Å². The maximum Gasteiger partial charge on any atom is 0.0768 e. The van der Waals surface area contributed by atoms with Crippen molar-refractivity contribution in [3.05, 3.63) is 17.5 Å². The van der Waals surface area contributed by atoms with E-state index in [4.69, 9.17) is 9.84 Å². The molecule has 0 aromatic carbocycles. The molecule has 122 valence electrons. The highest BCUT2D eigenvalue weighted by Gasteiger charge is 2.36. The van der Waals surface area contributed by atoms with Gasteiger partial charge in [0.2, 0.25) is 0 Å². The zero-order chi connectivity index (χ0) is 14.8. The molecule has 0 bridgehead atoms. The minimum Gasteiger partial charge on any atom is -0.375 e. The van der Waals surface area contributed by atoms with Crippen molar-refractivity contribution in [1.82, 2.24) is 20.0 Å². The molecule has 0 unspecified atom stereocenters. The lowest BCUT2D eigenvalue weighted by Crippen LogP contribution is -2.30. The third-order valence-corrected chi connectivity index (χ3v) is 5.50. The lowest BCUT2D eigenvalue weighted by Gasteiger charge is -2.26. The van der Waals surface area contributed by atoms with Crippen molar-refractivity contribution in [3.8, 4) is 0 Å². The van der Waals surface area contributed by atoms with E-state index in [1.807, 2.05) is 0 Å². The van der Waals surface area contributed by atoms with Gasteiger partial charge in [-0.25, -0.2) is 0 Å². The summed E-state index contributed by atoms with van der Waals surface area (Å²) in [6.45, 7) is 7.43. The minimum absolute atomic E-state index is 0.212. The van der Waals surface area contributed by atoms with Gasteiger partial charge >= 0.3 is 0 Å². The van der Waals surface area contributed by atoms with Crippen LogP contribution in [0.2, 0.25) is 0 Å². The van der Waals surface area contributed by atoms with Crippen LogP contribution in [0, 0.1) is 0 Å². The number of aryl methyl sites for hydroxylation is 1. The molecule has 1 aromatic heterocycles. The second-order valence-electron chi connectivity index (χ2n) is 7.15. The highest BCUT2D eigenvalue weighted by Crippen LogP contribution is 2.35. The fourth-order valence-corrected chi connectivity index (χ4v) is 4.26. The summed E-state index contributed by atoms with van der Waals surface area (Å²) in [5, 5.41) is 8.30. The zero-order valence-corrected chi connectivity index (χ0v) is 13.5. The van der Waals surface area contributed by atoms with E-state index in [1.165, 1.54) is 56.5 Å². The van der Waals surface area contributed by atoms with Crippen molar-refractivity contribution in [2.75, 3.05) is 26.2 Å². The van der Waals surface area contributed by atoms with Crippen molar-refractivity contribution in [2.24, 2.45) is 0 Å². The molecule has 22 heavy (non-hydrogen) atoms. The van der Waals surface area contributed by atoms with Crippen LogP contribution in [0.1, 0.15) is 49.9 Å². The number of aromatic nitrogens is 2. The molecule has 5 heteroatoms. The van der Waals surface area contributed by atoms with Gasteiger partial charge in [0.1, 0.15) is 0 Å². The molecule has 0 aliphatic carbocycles. The Morgan fingerprint density at radius 2 is 2.09 bits per heavy atom. The highest BCUT2D eigenvalue weighted by molar-refractivity contribution is 5.11. The molecule has 3 aliphatic heterocycles. The SMILES string of the molecule is c1c(CN2CCC[C@@]3(CCCO3)CC2)nn2c1CNCCC2. The van der Waals surface area contributed by atoms with E-state index >= 15 is 0 Å². The van der Waals surface area contributed by atoms with Crippen LogP contribution in [-0.4, -0.2) is 46.5 Å². The summed E-state index contributed by atoms with van der Waals surface area (Å²) < 4.78 is 8.29. The molecule has 5 nitrogen and oxygen atoms in total. The first-order valence-corrected chi connectivity index (χ1v) is 8.96. The van der Waals surface area contributed by atoms with E-state index in [0.717, 1.165) is 39.3 Å². The van der Waals surface area contributed by atoms with Crippen molar-refractivity contribution in [3.63, 3.8) is 0 Å². The van der Waals surface area contributed by atoms with Crippen molar-refractivity contribution >= 4 is 0 Å². The summed E-state index contributed by atoms with van der Waals surface area (Å²) in [5.41, 5.74) is 2.80. The van der Waals surface area contributed by atoms with Crippen LogP contribution in [0.4, 0.5) is 0 Å². The number of ether oxygens (including phenoxy) is 1. The molecule has 4 rings (SSSR count). The summed E-state index contributed by atoms with van der Waals surface area (Å²) in [6, 6.07) is 2.30. The molecule has 2 saturated heterocycles. The molecule has 2 fully saturated rings. The molecule has 3 aliphatic rings. The molecular formula is C17H28N4O. The quantitative estimate of drug-likeness (QED) is 0.906. The van der Waals surface area contributed by atoms with Gasteiger partial charge < -0.3 is 10.1 Å². The van der Waals surface area contributed by atoms with E-state index in [1.54, 1.807) is 0 Å². The number of nitrogens with zero attached hydrogens (tertiary/aromatic N) is 3. The standard InChI is InChI=1S/C17H28N4O/c1-4-17(5-2-11-22-17)6-10-20(8-1)14-15-12-16-13-18-7-3-9-21(16)19-15/h12,18H,1-11,13-14H2/t17-/m1/s1. The van der Waals surface area contributed by atoms with Crippen LogP contribution in [0.5, 0.6) is 0 Å². The number of nitrogens with one attached hydrogen (secondary N) is 1. The average molecular weight is 304 g/mol. The number of hydrogen-bond donors (Lipinski definition) is 1. The Morgan fingerprint density at radius 3 is 3.00 bits per heavy atom. The van der Waals surface area contributed by atoms with Gasteiger partial charge in [-0.1, -0.05) is 0 Å². The van der Waals surface area contributed by atoms with E-state index in [9.17, 15) is 0 Å². The molecular weight excluding hydrogens is 276 g/mol. The van der Waals surface area contributed by atoms with Crippen LogP contribution in [0.15, 0.2) is 6.07 Å². The third-order valence-electron chi connectivity index (χ3n) is 5.50. The van der Waals surface area contributed by atoms with Crippen LogP contribution in [0.25, 0.3) is 0 Å². The lowest BCUT2D eigenvalue weighted by atomic mass is 9.92. The predicted octanol–water partition coefficient (Wildman–Crippen LogP) is 1.91. The van der Waals surface area contributed by atoms with E-state index < -0.39 is 0 Å². The number of rotatable bonds is 2. The van der Waals surface area contributed by atoms with Crippen LogP contribution < -0.4 is 5.32 Å². The molecule has 1 spiro atoms. The Balaban J connectivity index is 1.39.